The van der Waals surface area contributed by atoms with Crippen molar-refractivity contribution in [1.29, 1.82) is 0 Å². The largest absolute Gasteiger partial charge is 0.457 e. The minimum Gasteiger partial charge on any atom is -0.457 e. The summed E-state index contributed by atoms with van der Waals surface area (Å²) in [6.07, 6.45) is 0. The first-order valence-corrected chi connectivity index (χ1v) is 12.4. The number of aryl methyl sites for hydroxylation is 2. The lowest BCUT2D eigenvalue weighted by molar-refractivity contribution is 0.481. The molecular formula is C29H28O3S. The molecule has 4 rings (SSSR count). The predicted octanol–water partition coefficient (Wildman–Crippen LogP) is 7.25. The van der Waals surface area contributed by atoms with Gasteiger partial charge in [-0.25, -0.2) is 8.42 Å². The van der Waals surface area contributed by atoms with Crippen molar-refractivity contribution >= 4 is 9.84 Å². The van der Waals surface area contributed by atoms with Crippen LogP contribution in [-0.4, -0.2) is 8.42 Å². The summed E-state index contributed by atoms with van der Waals surface area (Å²) in [6, 6.07) is 30.1. The van der Waals surface area contributed by atoms with E-state index >= 15 is 0 Å². The molecule has 0 N–H and O–H groups in total. The Morgan fingerprint density at radius 2 is 0.879 bits per heavy atom. The van der Waals surface area contributed by atoms with Gasteiger partial charge in [0.15, 0.2) is 0 Å². The summed E-state index contributed by atoms with van der Waals surface area (Å²) in [5.41, 5.74) is 4.59. The summed E-state index contributed by atoms with van der Waals surface area (Å²) in [5, 5.41) is 0. The molecule has 4 heteroatoms. The topological polar surface area (TPSA) is 43.4 Å². The van der Waals surface area contributed by atoms with Crippen molar-refractivity contribution in [3.8, 4) is 11.5 Å². The second-order valence-electron chi connectivity index (χ2n) is 8.91. The number of benzene rings is 4. The molecule has 0 aliphatic heterocycles. The van der Waals surface area contributed by atoms with E-state index < -0.39 is 9.84 Å². The van der Waals surface area contributed by atoms with Crippen molar-refractivity contribution in [2.45, 2.75) is 42.9 Å². The number of rotatable bonds is 6. The lowest BCUT2D eigenvalue weighted by Crippen LogP contribution is -2.18. The Morgan fingerprint density at radius 3 is 1.33 bits per heavy atom. The molecule has 0 heterocycles. The molecule has 0 saturated heterocycles. The fraction of sp³-hybridized carbons (Fsp3) is 0.172. The second-order valence-corrected chi connectivity index (χ2v) is 10.9. The zero-order valence-electron chi connectivity index (χ0n) is 19.4. The molecule has 0 aliphatic carbocycles. The summed E-state index contributed by atoms with van der Waals surface area (Å²) in [5.74, 6) is 1.29. The molecule has 0 spiro atoms. The van der Waals surface area contributed by atoms with Crippen LogP contribution in [0.3, 0.4) is 0 Å². The van der Waals surface area contributed by atoms with Crippen molar-refractivity contribution in [3.63, 3.8) is 0 Å². The predicted molar refractivity (Wildman–Crippen MR) is 133 cm³/mol. The Hall–Kier alpha value is -3.37. The van der Waals surface area contributed by atoms with E-state index in [-0.39, 0.29) is 15.2 Å². The zero-order chi connectivity index (χ0) is 23.6. The highest BCUT2D eigenvalue weighted by atomic mass is 32.2. The highest BCUT2D eigenvalue weighted by Crippen LogP contribution is 2.33. The van der Waals surface area contributed by atoms with E-state index in [1.165, 1.54) is 16.7 Å². The summed E-state index contributed by atoms with van der Waals surface area (Å²) in [4.78, 5) is 0.530. The van der Waals surface area contributed by atoms with E-state index in [0.717, 1.165) is 5.56 Å². The van der Waals surface area contributed by atoms with Gasteiger partial charge in [0, 0.05) is 5.41 Å². The Kier molecular flexibility index (Phi) is 6.13. The first-order chi connectivity index (χ1) is 15.7. The van der Waals surface area contributed by atoms with Crippen molar-refractivity contribution in [1.82, 2.24) is 0 Å². The number of hydrogen-bond donors (Lipinski definition) is 0. The highest BCUT2D eigenvalue weighted by molar-refractivity contribution is 7.91. The van der Waals surface area contributed by atoms with Gasteiger partial charge < -0.3 is 4.74 Å². The first kappa shape index (κ1) is 22.8. The van der Waals surface area contributed by atoms with Gasteiger partial charge in [-0.1, -0.05) is 73.5 Å². The van der Waals surface area contributed by atoms with Gasteiger partial charge in [0.2, 0.25) is 9.84 Å². The van der Waals surface area contributed by atoms with Crippen molar-refractivity contribution in [2.24, 2.45) is 0 Å². The van der Waals surface area contributed by atoms with Gasteiger partial charge in [-0.05, 0) is 73.5 Å². The minimum atomic E-state index is -3.55. The van der Waals surface area contributed by atoms with Crippen molar-refractivity contribution in [2.75, 3.05) is 0 Å². The van der Waals surface area contributed by atoms with Crippen LogP contribution in [0.1, 0.15) is 36.1 Å². The molecule has 0 bridgehead atoms. The van der Waals surface area contributed by atoms with Gasteiger partial charge in [-0.2, -0.15) is 0 Å². The molecule has 33 heavy (non-hydrogen) atoms. The quantitative estimate of drug-likeness (QED) is 0.307. The van der Waals surface area contributed by atoms with E-state index in [1.54, 1.807) is 48.5 Å². The lowest BCUT2D eigenvalue weighted by Gasteiger charge is -2.26. The number of sulfone groups is 1. The van der Waals surface area contributed by atoms with Gasteiger partial charge in [-0.3, -0.25) is 0 Å². The van der Waals surface area contributed by atoms with Crippen LogP contribution in [0.15, 0.2) is 107 Å². The van der Waals surface area contributed by atoms with Crippen LogP contribution in [-0.2, 0) is 15.3 Å². The Morgan fingerprint density at radius 1 is 0.545 bits per heavy atom. The Balaban J connectivity index is 1.49. The molecule has 0 aromatic heterocycles. The SMILES string of the molecule is Cc1ccc(C(C)(C)c2ccc(Oc3ccc(S(=O)(=O)c4ccc(C)cc4)cc3)cc2)cc1. The molecule has 0 atom stereocenters. The molecule has 0 aliphatic rings. The highest BCUT2D eigenvalue weighted by Gasteiger charge is 2.23. The number of ether oxygens (including phenoxy) is 1. The summed E-state index contributed by atoms with van der Waals surface area (Å²) in [7, 11) is -3.55. The van der Waals surface area contributed by atoms with E-state index in [4.69, 9.17) is 4.74 Å². The molecule has 3 nitrogen and oxygen atoms in total. The molecule has 168 valence electrons. The molecule has 4 aromatic rings. The molecule has 0 radical (unpaired) electrons. The smallest absolute Gasteiger partial charge is 0.206 e. The van der Waals surface area contributed by atoms with E-state index in [9.17, 15) is 8.42 Å². The maximum Gasteiger partial charge on any atom is 0.206 e. The Labute approximate surface area is 196 Å². The lowest BCUT2D eigenvalue weighted by atomic mass is 9.78. The monoisotopic (exact) mass is 456 g/mol. The van der Waals surface area contributed by atoms with Gasteiger partial charge in [0.25, 0.3) is 0 Å². The summed E-state index contributed by atoms with van der Waals surface area (Å²) < 4.78 is 31.6. The summed E-state index contributed by atoms with van der Waals surface area (Å²) in [6.45, 7) is 8.44. The van der Waals surface area contributed by atoms with Crippen LogP contribution >= 0.6 is 0 Å². The van der Waals surface area contributed by atoms with Gasteiger partial charge in [0.1, 0.15) is 11.5 Å². The minimum absolute atomic E-state index is 0.127. The second kappa shape index (κ2) is 8.87. The zero-order valence-corrected chi connectivity index (χ0v) is 20.2. The van der Waals surface area contributed by atoms with Crippen LogP contribution in [0, 0.1) is 13.8 Å². The molecule has 0 amide bonds. The van der Waals surface area contributed by atoms with Gasteiger partial charge >= 0.3 is 0 Å². The Bertz CT molecular complexity index is 1330. The van der Waals surface area contributed by atoms with Crippen LogP contribution in [0.4, 0.5) is 0 Å². The normalized spacial score (nSPS) is 11.9. The van der Waals surface area contributed by atoms with Crippen LogP contribution in [0.2, 0.25) is 0 Å². The fourth-order valence-electron chi connectivity index (χ4n) is 3.75. The third-order valence-corrected chi connectivity index (χ3v) is 7.84. The average molecular weight is 457 g/mol. The molecular weight excluding hydrogens is 428 g/mol. The third kappa shape index (κ3) is 4.86. The molecule has 0 saturated carbocycles. The first-order valence-electron chi connectivity index (χ1n) is 10.9. The molecule has 0 fully saturated rings. The van der Waals surface area contributed by atoms with Crippen molar-refractivity contribution in [3.05, 3.63) is 119 Å². The van der Waals surface area contributed by atoms with E-state index in [0.29, 0.717) is 11.5 Å². The molecule has 4 aromatic carbocycles. The van der Waals surface area contributed by atoms with Crippen LogP contribution in [0.5, 0.6) is 11.5 Å². The maximum absolute atomic E-state index is 12.8. The van der Waals surface area contributed by atoms with Crippen molar-refractivity contribution < 1.29 is 13.2 Å². The molecule has 0 unspecified atom stereocenters. The third-order valence-electron chi connectivity index (χ3n) is 6.05. The van der Waals surface area contributed by atoms with Crippen LogP contribution < -0.4 is 4.74 Å². The standard InChI is InChI=1S/C29H28O3S/c1-21-5-9-23(10-6-21)29(3,4)24-11-13-25(14-12-24)32-26-15-19-28(20-16-26)33(30,31)27-17-7-22(2)8-18-27/h5-20H,1-4H3. The van der Waals surface area contributed by atoms with E-state index in [2.05, 4.69) is 57.2 Å². The van der Waals surface area contributed by atoms with Crippen LogP contribution in [0.25, 0.3) is 0 Å². The fourth-order valence-corrected chi connectivity index (χ4v) is 5.01. The average Bonchev–Trinajstić information content (AvgIpc) is 2.80. The summed E-state index contributed by atoms with van der Waals surface area (Å²) >= 11 is 0. The van der Waals surface area contributed by atoms with Gasteiger partial charge in [-0.15, -0.1) is 0 Å². The maximum atomic E-state index is 12.8. The van der Waals surface area contributed by atoms with E-state index in [1.807, 2.05) is 19.1 Å². The van der Waals surface area contributed by atoms with Gasteiger partial charge in [0.05, 0.1) is 9.79 Å². The number of hydrogen-bond acceptors (Lipinski definition) is 3.